The molecule has 1 saturated heterocycles. The van der Waals surface area contributed by atoms with Gasteiger partial charge in [0.1, 0.15) is 11.6 Å². The first kappa shape index (κ1) is 25.0. The van der Waals surface area contributed by atoms with Crippen molar-refractivity contribution in [1.29, 1.82) is 0 Å². The molecule has 1 amide bonds. The highest BCUT2D eigenvalue weighted by Gasteiger charge is 2.42. The van der Waals surface area contributed by atoms with Crippen molar-refractivity contribution in [1.82, 2.24) is 19.9 Å². The summed E-state index contributed by atoms with van der Waals surface area (Å²) in [6, 6.07) is 6.94. The minimum atomic E-state index is -4.78. The number of aromatic amines is 1. The number of nitrogens with one attached hydrogen (secondary N) is 1. The Morgan fingerprint density at radius 1 is 1.14 bits per heavy atom. The van der Waals surface area contributed by atoms with Crippen LogP contribution in [-0.4, -0.2) is 56.3 Å². The normalized spacial score (nSPS) is 18.0. The van der Waals surface area contributed by atoms with E-state index >= 15 is 0 Å². The number of carbonyl (C=O) groups excluding carboxylic acids is 1. The Morgan fingerprint density at radius 2 is 1.84 bits per heavy atom. The predicted molar refractivity (Wildman–Crippen MR) is 127 cm³/mol. The summed E-state index contributed by atoms with van der Waals surface area (Å²) < 4.78 is 41.0. The molecule has 0 atom stereocenters. The number of halogens is 3. The molecule has 0 radical (unpaired) electrons. The highest BCUT2D eigenvalue weighted by molar-refractivity contribution is 5.94. The lowest BCUT2D eigenvalue weighted by molar-refractivity contribution is -0.274. The van der Waals surface area contributed by atoms with Gasteiger partial charge in [-0.2, -0.15) is 0 Å². The zero-order chi connectivity index (χ0) is 26.2. The molecule has 2 N–H and O–H groups in total. The average Bonchev–Trinajstić information content (AvgIpc) is 3.27. The molecule has 2 aromatic heterocycles. The van der Waals surface area contributed by atoms with Crippen LogP contribution in [0.4, 0.5) is 13.2 Å². The van der Waals surface area contributed by atoms with E-state index in [1.165, 1.54) is 12.1 Å². The lowest BCUT2D eigenvalue weighted by Gasteiger charge is -2.40. The standard InChI is InChI=1S/C26H27F3N4O4/c27-26(28,29)37-18-4-2-17(3-5-18)23(36)33-14-8-16(9-15-33)19-7-13-30-22-21(19)31-24(32-22)25(10-1-11-25)12-6-20(34)35/h2-5,7,13,16H,1,6,8-12,14-15H2,(H,34,35)(H,30,31,32). The van der Waals surface area contributed by atoms with Gasteiger partial charge in [0.25, 0.3) is 5.91 Å². The monoisotopic (exact) mass is 516 g/mol. The molecule has 37 heavy (non-hydrogen) atoms. The summed E-state index contributed by atoms with van der Waals surface area (Å²) in [7, 11) is 0. The van der Waals surface area contributed by atoms with Gasteiger partial charge < -0.3 is 19.7 Å². The molecule has 3 heterocycles. The van der Waals surface area contributed by atoms with Crippen molar-refractivity contribution in [3.05, 3.63) is 53.5 Å². The van der Waals surface area contributed by atoms with Gasteiger partial charge >= 0.3 is 12.3 Å². The Kier molecular flexibility index (Phi) is 6.55. The molecule has 196 valence electrons. The molecule has 1 aliphatic carbocycles. The fourth-order valence-electron chi connectivity index (χ4n) is 5.45. The first-order valence-corrected chi connectivity index (χ1v) is 12.4. The van der Waals surface area contributed by atoms with Crippen LogP contribution >= 0.6 is 0 Å². The number of nitrogens with zero attached hydrogens (tertiary/aromatic N) is 3. The number of aromatic nitrogens is 3. The molecule has 0 unspecified atom stereocenters. The molecule has 3 aromatic rings. The van der Waals surface area contributed by atoms with Gasteiger partial charge in [-0.05, 0) is 73.9 Å². The third-order valence-electron chi connectivity index (χ3n) is 7.61. The van der Waals surface area contributed by atoms with E-state index < -0.39 is 12.3 Å². The number of aliphatic carboxylic acids is 1. The van der Waals surface area contributed by atoms with Gasteiger partial charge in [0.15, 0.2) is 5.65 Å². The largest absolute Gasteiger partial charge is 0.573 e. The highest BCUT2D eigenvalue weighted by Crippen LogP contribution is 2.47. The van der Waals surface area contributed by atoms with Crippen molar-refractivity contribution in [2.24, 2.45) is 0 Å². The summed E-state index contributed by atoms with van der Waals surface area (Å²) >= 11 is 0. The quantitative estimate of drug-likeness (QED) is 0.449. The number of carboxylic acids is 1. The van der Waals surface area contributed by atoms with E-state index in [-0.39, 0.29) is 29.4 Å². The Morgan fingerprint density at radius 3 is 2.43 bits per heavy atom. The number of rotatable bonds is 7. The topological polar surface area (TPSA) is 108 Å². The van der Waals surface area contributed by atoms with E-state index in [0.29, 0.717) is 30.7 Å². The smallest absolute Gasteiger partial charge is 0.481 e. The number of imidazole rings is 1. The number of H-pyrrole nitrogens is 1. The minimum Gasteiger partial charge on any atom is -0.481 e. The molecule has 1 saturated carbocycles. The van der Waals surface area contributed by atoms with Crippen LogP contribution in [0.15, 0.2) is 36.5 Å². The van der Waals surface area contributed by atoms with Crippen LogP contribution in [0.5, 0.6) is 5.75 Å². The van der Waals surface area contributed by atoms with Crippen molar-refractivity contribution < 1.29 is 32.6 Å². The third-order valence-corrected chi connectivity index (χ3v) is 7.61. The van der Waals surface area contributed by atoms with Crippen LogP contribution < -0.4 is 4.74 Å². The van der Waals surface area contributed by atoms with E-state index in [0.717, 1.165) is 61.1 Å². The summed E-state index contributed by atoms with van der Waals surface area (Å²) in [5, 5.41) is 9.17. The zero-order valence-electron chi connectivity index (χ0n) is 20.1. The van der Waals surface area contributed by atoms with Gasteiger partial charge in [-0.3, -0.25) is 9.59 Å². The van der Waals surface area contributed by atoms with E-state index in [1.807, 2.05) is 6.07 Å². The number of pyridine rings is 1. The number of alkyl halides is 3. The van der Waals surface area contributed by atoms with Crippen molar-refractivity contribution in [2.75, 3.05) is 13.1 Å². The minimum absolute atomic E-state index is 0.0991. The highest BCUT2D eigenvalue weighted by atomic mass is 19.4. The molecule has 2 fully saturated rings. The number of benzene rings is 1. The predicted octanol–water partition coefficient (Wildman–Crippen LogP) is 5.16. The van der Waals surface area contributed by atoms with Crippen LogP contribution in [0.2, 0.25) is 0 Å². The summed E-state index contributed by atoms with van der Waals surface area (Å²) in [5.74, 6) is -0.420. The van der Waals surface area contributed by atoms with E-state index in [1.54, 1.807) is 11.1 Å². The number of hydrogen-bond acceptors (Lipinski definition) is 5. The van der Waals surface area contributed by atoms with Crippen molar-refractivity contribution in [2.45, 2.75) is 62.6 Å². The van der Waals surface area contributed by atoms with Crippen molar-refractivity contribution >= 4 is 23.0 Å². The van der Waals surface area contributed by atoms with Crippen LogP contribution in [0.3, 0.4) is 0 Å². The Hall–Kier alpha value is -3.63. The van der Waals surface area contributed by atoms with Crippen molar-refractivity contribution in [3.63, 3.8) is 0 Å². The first-order valence-electron chi connectivity index (χ1n) is 12.4. The number of piperidine rings is 1. The zero-order valence-corrected chi connectivity index (χ0v) is 20.1. The fourth-order valence-corrected chi connectivity index (χ4v) is 5.45. The Labute approximate surface area is 210 Å². The first-order chi connectivity index (χ1) is 17.6. The summed E-state index contributed by atoms with van der Waals surface area (Å²) in [4.78, 5) is 38.4. The molecule has 1 aromatic carbocycles. The number of likely N-dealkylation sites (tertiary alicyclic amines) is 1. The maximum Gasteiger partial charge on any atom is 0.573 e. The van der Waals surface area contributed by atoms with Gasteiger partial charge in [-0.25, -0.2) is 9.97 Å². The molecule has 0 bridgehead atoms. The Bertz CT molecular complexity index is 1290. The maximum absolute atomic E-state index is 12.9. The second-order valence-corrected chi connectivity index (χ2v) is 9.85. The maximum atomic E-state index is 12.9. The Balaban J connectivity index is 1.27. The lowest BCUT2D eigenvalue weighted by atomic mass is 9.65. The number of hydrogen-bond donors (Lipinski definition) is 2. The number of fused-ring (bicyclic) bond motifs is 1. The number of amides is 1. The number of ether oxygens (including phenoxy) is 1. The van der Waals surface area contributed by atoms with Crippen LogP contribution in [-0.2, 0) is 10.2 Å². The third kappa shape index (κ3) is 5.26. The summed E-state index contributed by atoms with van der Waals surface area (Å²) in [6.45, 7) is 1.02. The second-order valence-electron chi connectivity index (χ2n) is 9.85. The molecule has 2 aliphatic rings. The van der Waals surface area contributed by atoms with Gasteiger partial charge in [-0.1, -0.05) is 6.42 Å². The van der Waals surface area contributed by atoms with Crippen LogP contribution in [0.1, 0.15) is 72.6 Å². The van der Waals surface area contributed by atoms with Gasteiger partial charge in [0.05, 0.1) is 5.52 Å². The SMILES string of the molecule is O=C(O)CCC1(c2nc3nccc(C4CCN(C(=O)c5ccc(OC(F)(F)F)cc5)CC4)c3[nH]2)CCC1. The molecule has 5 rings (SSSR count). The molecule has 0 spiro atoms. The van der Waals surface area contributed by atoms with E-state index in [4.69, 9.17) is 10.1 Å². The van der Waals surface area contributed by atoms with Crippen LogP contribution in [0, 0.1) is 0 Å². The van der Waals surface area contributed by atoms with Crippen molar-refractivity contribution in [3.8, 4) is 5.75 Å². The molecule has 11 heteroatoms. The average molecular weight is 517 g/mol. The van der Waals surface area contributed by atoms with E-state index in [2.05, 4.69) is 14.7 Å². The van der Waals surface area contributed by atoms with E-state index in [9.17, 15) is 22.8 Å². The summed E-state index contributed by atoms with van der Waals surface area (Å²) in [5.41, 5.74) is 2.63. The molecular weight excluding hydrogens is 489 g/mol. The van der Waals surface area contributed by atoms with Gasteiger partial charge in [0, 0.05) is 36.7 Å². The molecule has 1 aliphatic heterocycles. The molecular formula is C26H27F3N4O4. The van der Waals surface area contributed by atoms with Crippen LogP contribution in [0.25, 0.3) is 11.2 Å². The van der Waals surface area contributed by atoms with Gasteiger partial charge in [-0.15, -0.1) is 13.2 Å². The second kappa shape index (κ2) is 9.68. The number of carboxylic acid groups (broad SMARTS) is 1. The number of carbonyl (C=O) groups is 2. The van der Waals surface area contributed by atoms with Gasteiger partial charge in [0.2, 0.25) is 0 Å². The molecule has 8 nitrogen and oxygen atoms in total. The summed E-state index contributed by atoms with van der Waals surface area (Å²) in [6.07, 6.45) is 1.88. The lowest BCUT2D eigenvalue weighted by Crippen LogP contribution is -2.38. The fraction of sp³-hybridized carbons (Fsp3) is 0.462.